The molecule has 0 N–H and O–H groups in total. The zero-order valence-corrected chi connectivity index (χ0v) is 12.2. The molecule has 0 aliphatic carbocycles. The van der Waals surface area contributed by atoms with E-state index >= 15 is 0 Å². The first-order valence-electron chi connectivity index (χ1n) is 7.37. The summed E-state index contributed by atoms with van der Waals surface area (Å²) in [5.41, 5.74) is 2.51. The molecule has 2 aromatic rings. The zero-order chi connectivity index (χ0) is 15.3. The van der Waals surface area contributed by atoms with Gasteiger partial charge in [-0.3, -0.25) is 10.1 Å². The number of nitro benzene ring substituents is 1. The molecule has 0 radical (unpaired) electrons. The summed E-state index contributed by atoms with van der Waals surface area (Å²) in [6, 6.07) is 15.1. The molecule has 1 saturated heterocycles. The molecule has 2 atom stereocenters. The Balaban J connectivity index is 1.97. The van der Waals surface area contributed by atoms with Crippen molar-refractivity contribution in [2.24, 2.45) is 0 Å². The summed E-state index contributed by atoms with van der Waals surface area (Å²) >= 11 is 0. The number of fused-ring (bicyclic) bond motifs is 4. The number of hydrogen-bond donors (Lipinski definition) is 0. The van der Waals surface area contributed by atoms with E-state index in [9.17, 15) is 10.1 Å². The minimum Gasteiger partial charge on any atom is -0.349 e. The fraction of sp³-hybridized carbons (Fsp3) is 0.294. The molecule has 5 nitrogen and oxygen atoms in total. The lowest BCUT2D eigenvalue weighted by atomic mass is 9.83. The number of non-ortho nitro benzene ring substituents is 1. The molecule has 112 valence electrons. The minimum absolute atomic E-state index is 0.0224. The maximum Gasteiger partial charge on any atom is 0.269 e. The maximum atomic E-state index is 11.2. The van der Waals surface area contributed by atoms with Crippen LogP contribution in [-0.2, 0) is 10.3 Å². The van der Waals surface area contributed by atoms with Crippen LogP contribution in [0.3, 0.4) is 0 Å². The summed E-state index contributed by atoms with van der Waals surface area (Å²) in [6.45, 7) is 0. The lowest BCUT2D eigenvalue weighted by molar-refractivity contribution is -0.385. The van der Waals surface area contributed by atoms with Crippen molar-refractivity contribution in [2.75, 3.05) is 11.9 Å². The van der Waals surface area contributed by atoms with Crippen molar-refractivity contribution < 1.29 is 9.66 Å². The highest BCUT2D eigenvalue weighted by atomic mass is 16.6. The number of anilines is 1. The second-order valence-electron chi connectivity index (χ2n) is 5.87. The van der Waals surface area contributed by atoms with Crippen LogP contribution in [0.1, 0.15) is 24.0 Å². The zero-order valence-electron chi connectivity index (χ0n) is 12.2. The Bertz CT molecular complexity index is 747. The van der Waals surface area contributed by atoms with Gasteiger partial charge in [-0.25, -0.2) is 0 Å². The first-order chi connectivity index (χ1) is 10.6. The Labute approximate surface area is 128 Å². The summed E-state index contributed by atoms with van der Waals surface area (Å²) in [5, 5.41) is 11.2. The van der Waals surface area contributed by atoms with Crippen LogP contribution < -0.4 is 4.90 Å². The van der Waals surface area contributed by atoms with Crippen molar-refractivity contribution in [3.63, 3.8) is 0 Å². The monoisotopic (exact) mass is 296 g/mol. The summed E-state index contributed by atoms with van der Waals surface area (Å²) in [4.78, 5) is 12.9. The third-order valence-corrected chi connectivity index (χ3v) is 4.76. The molecule has 2 heterocycles. The predicted octanol–water partition coefficient (Wildman–Crippen LogP) is 3.42. The van der Waals surface area contributed by atoms with Crippen molar-refractivity contribution in [2.45, 2.75) is 24.7 Å². The van der Waals surface area contributed by atoms with Crippen LogP contribution in [0.15, 0.2) is 48.5 Å². The van der Waals surface area contributed by atoms with E-state index in [0.717, 1.165) is 29.7 Å². The molecule has 2 unspecified atom stereocenters. The van der Waals surface area contributed by atoms with E-state index in [2.05, 4.69) is 4.90 Å². The third kappa shape index (κ3) is 1.69. The molecule has 2 bridgehead atoms. The maximum absolute atomic E-state index is 11.2. The SMILES string of the molecule is CN1c2ccc([N+](=O)[O-])cc2C2(c3ccccc3)CCC1O2. The Morgan fingerprint density at radius 1 is 1.27 bits per heavy atom. The van der Waals surface area contributed by atoms with E-state index < -0.39 is 5.60 Å². The van der Waals surface area contributed by atoms with Gasteiger partial charge >= 0.3 is 0 Å². The summed E-state index contributed by atoms with van der Waals surface area (Å²) in [7, 11) is 1.98. The van der Waals surface area contributed by atoms with Crippen molar-refractivity contribution in [3.8, 4) is 0 Å². The molecule has 2 aliphatic rings. The quantitative estimate of drug-likeness (QED) is 0.629. The number of nitrogens with zero attached hydrogens (tertiary/aromatic N) is 2. The predicted molar refractivity (Wildman–Crippen MR) is 82.8 cm³/mol. The first-order valence-corrected chi connectivity index (χ1v) is 7.37. The van der Waals surface area contributed by atoms with Crippen LogP contribution in [-0.4, -0.2) is 18.2 Å². The van der Waals surface area contributed by atoms with Gasteiger partial charge in [0.25, 0.3) is 5.69 Å². The fourth-order valence-corrected chi connectivity index (χ4v) is 3.65. The second kappa shape index (κ2) is 4.55. The second-order valence-corrected chi connectivity index (χ2v) is 5.87. The lowest BCUT2D eigenvalue weighted by Gasteiger charge is -2.41. The number of rotatable bonds is 2. The van der Waals surface area contributed by atoms with E-state index in [1.165, 1.54) is 0 Å². The van der Waals surface area contributed by atoms with E-state index in [1.54, 1.807) is 12.1 Å². The third-order valence-electron chi connectivity index (χ3n) is 4.76. The molecule has 5 heteroatoms. The molecular weight excluding hydrogens is 280 g/mol. The van der Waals surface area contributed by atoms with Crippen LogP contribution in [0.25, 0.3) is 0 Å². The van der Waals surface area contributed by atoms with E-state index in [-0.39, 0.29) is 16.8 Å². The van der Waals surface area contributed by atoms with E-state index in [1.807, 2.05) is 43.4 Å². The van der Waals surface area contributed by atoms with E-state index in [0.29, 0.717) is 0 Å². The fourth-order valence-electron chi connectivity index (χ4n) is 3.65. The van der Waals surface area contributed by atoms with Gasteiger partial charge in [-0.2, -0.15) is 0 Å². The molecular formula is C17H16N2O3. The van der Waals surface area contributed by atoms with Gasteiger partial charge in [0.2, 0.25) is 0 Å². The summed E-state index contributed by atoms with van der Waals surface area (Å²) in [5.74, 6) is 0. The molecule has 0 amide bonds. The Hall–Kier alpha value is -2.40. The number of hydrogen-bond acceptors (Lipinski definition) is 4. The van der Waals surface area contributed by atoms with Gasteiger partial charge in [0, 0.05) is 30.4 Å². The largest absolute Gasteiger partial charge is 0.349 e. The molecule has 2 aliphatic heterocycles. The highest BCUT2D eigenvalue weighted by molar-refractivity contribution is 5.64. The number of nitro groups is 1. The van der Waals surface area contributed by atoms with Gasteiger partial charge < -0.3 is 9.64 Å². The minimum atomic E-state index is -0.570. The first kappa shape index (κ1) is 13.3. The van der Waals surface area contributed by atoms with Crippen molar-refractivity contribution in [1.29, 1.82) is 0 Å². The topological polar surface area (TPSA) is 55.6 Å². The van der Waals surface area contributed by atoms with Gasteiger partial charge in [-0.15, -0.1) is 0 Å². The van der Waals surface area contributed by atoms with Gasteiger partial charge in [0.15, 0.2) is 0 Å². The highest BCUT2D eigenvalue weighted by Gasteiger charge is 2.50. The van der Waals surface area contributed by atoms with Crippen LogP contribution in [0.5, 0.6) is 0 Å². The molecule has 2 aromatic carbocycles. The smallest absolute Gasteiger partial charge is 0.269 e. The molecule has 22 heavy (non-hydrogen) atoms. The lowest BCUT2D eigenvalue weighted by Crippen LogP contribution is -2.41. The Morgan fingerprint density at radius 3 is 2.77 bits per heavy atom. The average molecular weight is 296 g/mol. The van der Waals surface area contributed by atoms with Gasteiger partial charge in [0.05, 0.1) is 4.92 Å². The van der Waals surface area contributed by atoms with Gasteiger partial charge in [-0.1, -0.05) is 30.3 Å². The summed E-state index contributed by atoms with van der Waals surface area (Å²) in [6.07, 6.45) is 1.77. The van der Waals surface area contributed by atoms with Crippen molar-refractivity contribution >= 4 is 11.4 Å². The molecule has 0 spiro atoms. The van der Waals surface area contributed by atoms with Crippen LogP contribution >= 0.6 is 0 Å². The van der Waals surface area contributed by atoms with Crippen LogP contribution in [0, 0.1) is 10.1 Å². The molecule has 0 aromatic heterocycles. The average Bonchev–Trinajstić information content (AvgIpc) is 2.96. The van der Waals surface area contributed by atoms with E-state index in [4.69, 9.17) is 4.74 Å². The summed E-state index contributed by atoms with van der Waals surface area (Å²) < 4.78 is 6.35. The highest BCUT2D eigenvalue weighted by Crippen LogP contribution is 2.53. The molecule has 1 fully saturated rings. The van der Waals surface area contributed by atoms with Crippen LogP contribution in [0.2, 0.25) is 0 Å². The Kier molecular flexibility index (Phi) is 2.74. The van der Waals surface area contributed by atoms with Gasteiger partial charge in [0.1, 0.15) is 11.8 Å². The molecule has 0 saturated carbocycles. The number of ether oxygens (including phenoxy) is 1. The molecule has 4 rings (SSSR count). The normalized spacial score (nSPS) is 25.9. The van der Waals surface area contributed by atoms with Crippen LogP contribution in [0.4, 0.5) is 11.4 Å². The Morgan fingerprint density at radius 2 is 2.05 bits per heavy atom. The van der Waals surface area contributed by atoms with Gasteiger partial charge in [-0.05, 0) is 24.5 Å². The number of benzene rings is 2. The van der Waals surface area contributed by atoms with Crippen molar-refractivity contribution in [1.82, 2.24) is 0 Å². The standard InChI is InChI=1S/C17H16N2O3/c1-18-15-8-7-13(19(20)21)11-14(15)17(10-9-16(18)22-17)12-5-3-2-4-6-12/h2-8,11,16H,9-10H2,1H3. The van der Waals surface area contributed by atoms with Crippen molar-refractivity contribution in [3.05, 3.63) is 69.8 Å².